The summed E-state index contributed by atoms with van der Waals surface area (Å²) in [6, 6.07) is 24.3. The molecule has 0 spiro atoms. The van der Waals surface area contributed by atoms with E-state index in [4.69, 9.17) is 4.74 Å². The second kappa shape index (κ2) is 15.6. The van der Waals surface area contributed by atoms with Crippen LogP contribution in [0.4, 0.5) is 4.39 Å². The number of carbonyl (C=O) groups is 3. The van der Waals surface area contributed by atoms with Crippen LogP contribution in [0.2, 0.25) is 0 Å². The van der Waals surface area contributed by atoms with Gasteiger partial charge in [-0.2, -0.15) is 0 Å². The molecule has 0 saturated carbocycles. The Balaban J connectivity index is 1.48. The van der Waals surface area contributed by atoms with Crippen LogP contribution in [0.5, 0.6) is 0 Å². The number of carbonyl (C=O) groups excluding carboxylic acids is 3. The first-order valence-electron chi connectivity index (χ1n) is 14.3. The molecule has 0 saturated heterocycles. The first kappa shape index (κ1) is 30.7. The number of hydrogen-bond donors (Lipinski definition) is 3. The van der Waals surface area contributed by atoms with Crippen LogP contribution in [0.25, 0.3) is 0 Å². The predicted octanol–water partition coefficient (Wildman–Crippen LogP) is 4.46. The number of cyclic esters (lactones) is 1. The van der Waals surface area contributed by atoms with Crippen molar-refractivity contribution in [3.8, 4) is 0 Å². The summed E-state index contributed by atoms with van der Waals surface area (Å²) in [5, 5.41) is 15.6. The summed E-state index contributed by atoms with van der Waals surface area (Å²) in [5.74, 6) is -2.57. The third kappa shape index (κ3) is 9.38. The Labute approximate surface area is 245 Å². The fraction of sp³-hybridized carbons (Fsp3) is 0.324. The third-order valence-corrected chi connectivity index (χ3v) is 7.34. The van der Waals surface area contributed by atoms with Crippen molar-refractivity contribution >= 4 is 17.8 Å². The first-order chi connectivity index (χ1) is 20.4. The average molecular weight is 573 g/mol. The molecule has 7 nitrogen and oxygen atoms in total. The Hall–Kier alpha value is -4.30. The van der Waals surface area contributed by atoms with Crippen molar-refractivity contribution in [3.63, 3.8) is 0 Å². The van der Waals surface area contributed by atoms with Crippen molar-refractivity contribution in [2.75, 3.05) is 13.2 Å². The highest BCUT2D eigenvalue weighted by atomic mass is 19.1. The van der Waals surface area contributed by atoms with E-state index in [1.165, 1.54) is 12.1 Å². The van der Waals surface area contributed by atoms with E-state index in [1.807, 2.05) is 72.8 Å². The fourth-order valence-electron chi connectivity index (χ4n) is 5.01. The van der Waals surface area contributed by atoms with Crippen molar-refractivity contribution in [2.24, 2.45) is 11.8 Å². The lowest BCUT2D eigenvalue weighted by Gasteiger charge is -2.24. The molecular formula is C34H37FN2O5. The van der Waals surface area contributed by atoms with Gasteiger partial charge in [0.25, 0.3) is 0 Å². The topological polar surface area (TPSA) is 105 Å². The minimum absolute atomic E-state index is 0.0486. The number of ether oxygens (including phenoxy) is 1. The Kier molecular flexibility index (Phi) is 11.4. The molecule has 0 unspecified atom stereocenters. The van der Waals surface area contributed by atoms with Crippen molar-refractivity contribution in [1.82, 2.24) is 10.6 Å². The molecule has 0 aliphatic carbocycles. The van der Waals surface area contributed by atoms with E-state index >= 15 is 0 Å². The van der Waals surface area contributed by atoms with Crippen molar-refractivity contribution < 1.29 is 28.6 Å². The minimum Gasteiger partial charge on any atom is -0.455 e. The van der Waals surface area contributed by atoms with E-state index in [0.29, 0.717) is 25.7 Å². The number of benzene rings is 3. The maximum Gasteiger partial charge on any atom is 0.310 e. The van der Waals surface area contributed by atoms with Gasteiger partial charge in [-0.15, -0.1) is 0 Å². The number of amides is 2. The molecule has 3 N–H and O–H groups in total. The predicted molar refractivity (Wildman–Crippen MR) is 158 cm³/mol. The molecule has 3 aromatic carbocycles. The van der Waals surface area contributed by atoms with E-state index in [1.54, 1.807) is 12.1 Å². The molecule has 42 heavy (non-hydrogen) atoms. The number of allylic oxidation sites excluding steroid dienone is 2. The summed E-state index contributed by atoms with van der Waals surface area (Å²) in [6.07, 6.45) is 4.37. The zero-order chi connectivity index (χ0) is 29.7. The van der Waals surface area contributed by atoms with Gasteiger partial charge in [0, 0.05) is 6.42 Å². The number of aliphatic hydroxyl groups is 1. The van der Waals surface area contributed by atoms with Crippen molar-refractivity contribution in [2.45, 2.75) is 44.2 Å². The van der Waals surface area contributed by atoms with Crippen LogP contribution in [0.15, 0.2) is 97.1 Å². The molecule has 1 heterocycles. The van der Waals surface area contributed by atoms with Gasteiger partial charge in [0.05, 0.1) is 31.0 Å². The highest BCUT2D eigenvalue weighted by molar-refractivity contribution is 5.86. The lowest BCUT2D eigenvalue weighted by atomic mass is 9.94. The molecular weight excluding hydrogens is 535 g/mol. The molecule has 1 aliphatic heterocycles. The number of aliphatic hydroxyl groups excluding tert-OH is 1. The molecule has 0 fully saturated rings. The summed E-state index contributed by atoms with van der Waals surface area (Å²) < 4.78 is 19.4. The zero-order valence-electron chi connectivity index (χ0n) is 23.5. The number of esters is 1. The summed E-state index contributed by atoms with van der Waals surface area (Å²) >= 11 is 0. The van der Waals surface area contributed by atoms with Crippen LogP contribution in [-0.2, 0) is 32.0 Å². The van der Waals surface area contributed by atoms with E-state index < -0.39 is 30.0 Å². The average Bonchev–Trinajstić information content (AvgIpc) is 3.00. The minimum atomic E-state index is -0.721. The maximum absolute atomic E-state index is 13.5. The molecule has 4 atom stereocenters. The van der Waals surface area contributed by atoms with Gasteiger partial charge in [-0.25, -0.2) is 4.39 Å². The molecule has 1 aliphatic rings. The van der Waals surface area contributed by atoms with Gasteiger partial charge in [-0.05, 0) is 54.5 Å². The Bertz CT molecular complexity index is 1330. The number of rotatable bonds is 9. The normalized spacial score (nSPS) is 21.1. The summed E-state index contributed by atoms with van der Waals surface area (Å²) in [7, 11) is 0. The monoisotopic (exact) mass is 572 g/mol. The van der Waals surface area contributed by atoms with Gasteiger partial charge in [0.1, 0.15) is 11.9 Å². The van der Waals surface area contributed by atoms with Gasteiger partial charge >= 0.3 is 5.97 Å². The van der Waals surface area contributed by atoms with Crippen molar-refractivity contribution in [1.29, 1.82) is 0 Å². The van der Waals surface area contributed by atoms with Gasteiger partial charge in [0.2, 0.25) is 11.8 Å². The molecule has 2 amide bonds. The van der Waals surface area contributed by atoms with Crippen LogP contribution < -0.4 is 10.6 Å². The van der Waals surface area contributed by atoms with Gasteiger partial charge < -0.3 is 20.5 Å². The van der Waals surface area contributed by atoms with Crippen LogP contribution >= 0.6 is 0 Å². The Morgan fingerprint density at radius 2 is 1.55 bits per heavy atom. The number of nitrogens with one attached hydrogen (secondary N) is 2. The zero-order valence-corrected chi connectivity index (χ0v) is 23.5. The second-order valence-corrected chi connectivity index (χ2v) is 10.6. The van der Waals surface area contributed by atoms with Gasteiger partial charge in [-0.3, -0.25) is 14.4 Å². The molecule has 220 valence electrons. The molecule has 0 radical (unpaired) electrons. The molecule has 0 aromatic heterocycles. The van der Waals surface area contributed by atoms with E-state index in [-0.39, 0.29) is 37.2 Å². The van der Waals surface area contributed by atoms with Crippen LogP contribution in [0.1, 0.15) is 42.1 Å². The van der Waals surface area contributed by atoms with Crippen LogP contribution in [-0.4, -0.2) is 42.1 Å². The quantitative estimate of drug-likeness (QED) is 0.260. The largest absolute Gasteiger partial charge is 0.455 e. The van der Waals surface area contributed by atoms with E-state index in [2.05, 4.69) is 10.6 Å². The van der Waals surface area contributed by atoms with Gasteiger partial charge in [0.15, 0.2) is 0 Å². The lowest BCUT2D eigenvalue weighted by molar-refractivity contribution is -0.154. The number of hydrogen-bond acceptors (Lipinski definition) is 5. The third-order valence-electron chi connectivity index (χ3n) is 7.34. The Morgan fingerprint density at radius 3 is 2.21 bits per heavy atom. The standard InChI is InChI=1S/C34H37FN2O5/c35-29-17-15-25(16-18-29)19-28-14-8-7-13-27(21-32(39)37-30(23-38)20-24-9-3-1-4-10-24)33(40)36-22-31(42-34(28)41)26-11-5-2-6-12-26/h1-12,15-18,27-28,30-31,38H,13-14,19-23H2,(H,36,40)(H,37,39)/b8-7-/t27-,28+,30-,31+/m1/s1. The molecule has 0 bridgehead atoms. The Morgan fingerprint density at radius 1 is 0.905 bits per heavy atom. The fourth-order valence-corrected chi connectivity index (χ4v) is 5.01. The van der Waals surface area contributed by atoms with Gasteiger partial charge in [-0.1, -0.05) is 84.9 Å². The molecule has 4 rings (SSSR count). The molecule has 3 aromatic rings. The van der Waals surface area contributed by atoms with Crippen molar-refractivity contribution in [3.05, 3.63) is 120 Å². The smallest absolute Gasteiger partial charge is 0.310 e. The van der Waals surface area contributed by atoms with E-state index in [9.17, 15) is 23.9 Å². The first-order valence-corrected chi connectivity index (χ1v) is 14.3. The number of halogens is 1. The SMILES string of the molecule is O=C(C[C@H]1C/C=C\C[C@@H](Cc2ccc(F)cc2)C(=O)O[C@H](c2ccccc2)CNC1=O)N[C@@H](CO)Cc1ccccc1. The van der Waals surface area contributed by atoms with E-state index in [0.717, 1.165) is 16.7 Å². The summed E-state index contributed by atoms with van der Waals surface area (Å²) in [4.78, 5) is 39.6. The second-order valence-electron chi connectivity index (χ2n) is 10.6. The highest BCUT2D eigenvalue weighted by Crippen LogP contribution is 2.24. The summed E-state index contributed by atoms with van der Waals surface area (Å²) in [6.45, 7) is -0.177. The maximum atomic E-state index is 13.5. The lowest BCUT2D eigenvalue weighted by Crippen LogP contribution is -2.42. The van der Waals surface area contributed by atoms with Crippen LogP contribution in [0.3, 0.4) is 0 Å². The highest BCUT2D eigenvalue weighted by Gasteiger charge is 2.28. The van der Waals surface area contributed by atoms with Crippen LogP contribution in [0, 0.1) is 17.7 Å². The molecule has 8 heteroatoms. The summed E-state index contributed by atoms with van der Waals surface area (Å²) in [5.41, 5.74) is 2.53.